The molecule has 5 heteroatoms. The van der Waals surface area contributed by atoms with E-state index in [0.29, 0.717) is 13.1 Å². The maximum absolute atomic E-state index is 12.4. The largest absolute Gasteiger partial charge is 0.369 e. The van der Waals surface area contributed by atoms with Crippen molar-refractivity contribution in [2.75, 3.05) is 19.6 Å². The number of hydrogen-bond donors (Lipinski definition) is 3. The van der Waals surface area contributed by atoms with Crippen molar-refractivity contribution in [2.24, 2.45) is 11.7 Å². The molecular formula is C20H26N3O2+. The smallest absolute Gasteiger partial charge is 0.275 e. The van der Waals surface area contributed by atoms with Crippen molar-refractivity contribution >= 4 is 22.6 Å². The molecule has 1 aliphatic rings. The fourth-order valence-electron chi connectivity index (χ4n) is 3.63. The number of amides is 2. The van der Waals surface area contributed by atoms with Crippen LogP contribution in [0.3, 0.4) is 0 Å². The van der Waals surface area contributed by atoms with Gasteiger partial charge in [-0.25, -0.2) is 0 Å². The SMILES string of the molecule is C[C@@H](NC(=O)C[NH+]1CCC[C@H](C(N)=O)C1)c1ccc2ccccc2c1. The van der Waals surface area contributed by atoms with Crippen LogP contribution in [0, 0.1) is 5.92 Å². The molecule has 1 heterocycles. The van der Waals surface area contributed by atoms with Crippen LogP contribution < -0.4 is 16.0 Å². The van der Waals surface area contributed by atoms with E-state index < -0.39 is 0 Å². The van der Waals surface area contributed by atoms with E-state index >= 15 is 0 Å². The first-order chi connectivity index (χ1) is 12.0. The minimum Gasteiger partial charge on any atom is -0.369 e. The van der Waals surface area contributed by atoms with Gasteiger partial charge in [-0.2, -0.15) is 0 Å². The van der Waals surface area contributed by atoms with Crippen molar-refractivity contribution in [3.63, 3.8) is 0 Å². The van der Waals surface area contributed by atoms with Crippen LogP contribution in [0.2, 0.25) is 0 Å². The minimum atomic E-state index is -0.248. The molecule has 0 bridgehead atoms. The second-order valence-corrected chi connectivity index (χ2v) is 7.02. The Bertz CT molecular complexity index is 774. The highest BCUT2D eigenvalue weighted by Gasteiger charge is 2.28. The van der Waals surface area contributed by atoms with Crippen molar-refractivity contribution in [1.82, 2.24) is 5.32 Å². The topological polar surface area (TPSA) is 76.6 Å². The van der Waals surface area contributed by atoms with Crippen molar-refractivity contribution in [3.8, 4) is 0 Å². The molecule has 2 aromatic rings. The molecule has 2 amide bonds. The number of hydrogen-bond acceptors (Lipinski definition) is 2. The van der Waals surface area contributed by atoms with Crippen LogP contribution in [-0.2, 0) is 9.59 Å². The molecule has 1 saturated heterocycles. The number of rotatable bonds is 5. The van der Waals surface area contributed by atoms with Crippen molar-refractivity contribution in [3.05, 3.63) is 48.0 Å². The second kappa shape index (κ2) is 7.66. The number of likely N-dealkylation sites (tertiary alicyclic amines) is 1. The maximum atomic E-state index is 12.4. The van der Waals surface area contributed by atoms with Gasteiger partial charge in [0, 0.05) is 0 Å². The molecule has 0 aliphatic carbocycles. The molecule has 0 radical (unpaired) electrons. The lowest BCUT2D eigenvalue weighted by Crippen LogP contribution is -3.15. The number of benzene rings is 2. The maximum Gasteiger partial charge on any atom is 0.275 e. The zero-order chi connectivity index (χ0) is 17.8. The molecule has 0 spiro atoms. The number of fused-ring (bicyclic) bond motifs is 1. The third-order valence-electron chi connectivity index (χ3n) is 5.08. The van der Waals surface area contributed by atoms with Crippen LogP contribution in [0.1, 0.15) is 31.4 Å². The number of carbonyl (C=O) groups excluding carboxylic acids is 2. The molecule has 4 N–H and O–H groups in total. The predicted molar refractivity (Wildman–Crippen MR) is 98.0 cm³/mol. The van der Waals surface area contributed by atoms with Gasteiger partial charge >= 0.3 is 0 Å². The summed E-state index contributed by atoms with van der Waals surface area (Å²) in [5, 5.41) is 5.44. The van der Waals surface area contributed by atoms with Crippen LogP contribution in [0.4, 0.5) is 0 Å². The van der Waals surface area contributed by atoms with Gasteiger partial charge in [-0.05, 0) is 42.2 Å². The molecule has 0 aromatic heterocycles. The highest BCUT2D eigenvalue weighted by Crippen LogP contribution is 2.20. The molecule has 3 atom stereocenters. The summed E-state index contributed by atoms with van der Waals surface area (Å²) >= 11 is 0. The molecule has 5 nitrogen and oxygen atoms in total. The monoisotopic (exact) mass is 340 g/mol. The Kier molecular flexibility index (Phi) is 5.34. The molecule has 25 heavy (non-hydrogen) atoms. The van der Waals surface area contributed by atoms with Gasteiger partial charge in [0.25, 0.3) is 5.91 Å². The molecule has 3 rings (SSSR count). The van der Waals surface area contributed by atoms with Gasteiger partial charge in [0.2, 0.25) is 5.91 Å². The predicted octanol–water partition coefficient (Wildman–Crippen LogP) is 0.797. The van der Waals surface area contributed by atoms with Crippen LogP contribution >= 0.6 is 0 Å². The average Bonchev–Trinajstić information content (AvgIpc) is 2.61. The van der Waals surface area contributed by atoms with Crippen LogP contribution in [0.15, 0.2) is 42.5 Å². The number of piperidine rings is 1. The number of primary amides is 1. The summed E-state index contributed by atoms with van der Waals surface area (Å²) < 4.78 is 0. The van der Waals surface area contributed by atoms with Crippen LogP contribution in [0.5, 0.6) is 0 Å². The number of carbonyl (C=O) groups is 2. The van der Waals surface area contributed by atoms with Crippen molar-refractivity contribution in [2.45, 2.75) is 25.8 Å². The quantitative estimate of drug-likeness (QED) is 0.753. The zero-order valence-electron chi connectivity index (χ0n) is 14.6. The number of nitrogens with one attached hydrogen (secondary N) is 2. The Labute approximate surface area is 148 Å². The van der Waals surface area contributed by atoms with E-state index in [0.717, 1.165) is 29.8 Å². The first-order valence-electron chi connectivity index (χ1n) is 8.94. The summed E-state index contributed by atoms with van der Waals surface area (Å²) in [6.45, 7) is 3.97. The molecule has 1 aliphatic heterocycles. The van der Waals surface area contributed by atoms with E-state index in [9.17, 15) is 9.59 Å². The third kappa shape index (κ3) is 4.37. The van der Waals surface area contributed by atoms with E-state index in [4.69, 9.17) is 5.73 Å². The van der Waals surface area contributed by atoms with Gasteiger partial charge in [-0.15, -0.1) is 0 Å². The average molecular weight is 340 g/mol. The third-order valence-corrected chi connectivity index (χ3v) is 5.08. The highest BCUT2D eigenvalue weighted by molar-refractivity contribution is 5.83. The molecule has 1 unspecified atom stereocenters. The van der Waals surface area contributed by atoms with Gasteiger partial charge < -0.3 is 16.0 Å². The Morgan fingerprint density at radius 2 is 2.00 bits per heavy atom. The molecule has 2 aromatic carbocycles. The lowest BCUT2D eigenvalue weighted by atomic mass is 9.97. The first-order valence-corrected chi connectivity index (χ1v) is 8.94. The van der Waals surface area contributed by atoms with E-state index in [1.165, 1.54) is 10.8 Å². The molecule has 0 saturated carbocycles. The van der Waals surface area contributed by atoms with E-state index in [1.54, 1.807) is 0 Å². The van der Waals surface area contributed by atoms with Crippen LogP contribution in [0.25, 0.3) is 10.8 Å². The standard InChI is InChI=1S/C20H25N3O2/c1-14(16-9-8-15-5-2-3-6-17(15)11-16)22-19(24)13-23-10-4-7-18(12-23)20(21)25/h2-3,5-6,8-9,11,14,18H,4,7,10,12-13H2,1H3,(H2,21,25)(H,22,24)/p+1/t14-,18+/m1/s1. The van der Waals surface area contributed by atoms with E-state index in [-0.39, 0.29) is 23.8 Å². The summed E-state index contributed by atoms with van der Waals surface area (Å²) in [7, 11) is 0. The lowest BCUT2D eigenvalue weighted by molar-refractivity contribution is -0.899. The Balaban J connectivity index is 1.58. The minimum absolute atomic E-state index is 0.0146. The summed E-state index contributed by atoms with van der Waals surface area (Å²) in [6.07, 6.45) is 1.78. The van der Waals surface area contributed by atoms with E-state index in [2.05, 4.69) is 35.6 Å². The Hall–Kier alpha value is -2.40. The normalized spacial score (nSPS) is 21.6. The zero-order valence-corrected chi connectivity index (χ0v) is 14.6. The number of nitrogens with two attached hydrogens (primary N) is 1. The summed E-state index contributed by atoms with van der Waals surface area (Å²) in [5.41, 5.74) is 6.50. The number of quaternary nitrogens is 1. The van der Waals surface area contributed by atoms with Gasteiger partial charge in [0.05, 0.1) is 25.0 Å². The molecule has 132 valence electrons. The summed E-state index contributed by atoms with van der Waals surface area (Å²) in [5.74, 6) is -0.336. The van der Waals surface area contributed by atoms with Crippen molar-refractivity contribution < 1.29 is 14.5 Å². The van der Waals surface area contributed by atoms with Gasteiger partial charge in [0.1, 0.15) is 0 Å². The highest BCUT2D eigenvalue weighted by atomic mass is 16.2. The summed E-state index contributed by atoms with van der Waals surface area (Å²) in [4.78, 5) is 24.9. The van der Waals surface area contributed by atoms with Gasteiger partial charge in [-0.1, -0.05) is 36.4 Å². The fourth-order valence-corrected chi connectivity index (χ4v) is 3.63. The Morgan fingerprint density at radius 3 is 2.76 bits per heavy atom. The Morgan fingerprint density at radius 1 is 1.24 bits per heavy atom. The molecule has 1 fully saturated rings. The fraction of sp³-hybridized carbons (Fsp3) is 0.400. The van der Waals surface area contributed by atoms with Gasteiger partial charge in [-0.3, -0.25) is 9.59 Å². The van der Waals surface area contributed by atoms with E-state index in [1.807, 2.05) is 19.1 Å². The molecular weight excluding hydrogens is 314 g/mol. The second-order valence-electron chi connectivity index (χ2n) is 7.02. The lowest BCUT2D eigenvalue weighted by Gasteiger charge is -2.28. The van der Waals surface area contributed by atoms with Crippen LogP contribution in [-0.4, -0.2) is 31.4 Å². The van der Waals surface area contributed by atoms with Gasteiger partial charge in [0.15, 0.2) is 6.54 Å². The summed E-state index contributed by atoms with van der Waals surface area (Å²) in [6, 6.07) is 14.4. The van der Waals surface area contributed by atoms with Crippen molar-refractivity contribution in [1.29, 1.82) is 0 Å². The first kappa shape index (κ1) is 17.4.